The predicted molar refractivity (Wildman–Crippen MR) is 139 cm³/mol. The zero-order valence-electron chi connectivity index (χ0n) is 24.2. The van der Waals surface area contributed by atoms with Gasteiger partial charge < -0.3 is 27.5 Å². The summed E-state index contributed by atoms with van der Waals surface area (Å²) < 4.78 is 12.1. The van der Waals surface area contributed by atoms with Crippen molar-refractivity contribution in [2.45, 2.75) is 51.0 Å². The Balaban J connectivity index is -0.000000524. The number of rotatable bonds is 5. The first kappa shape index (κ1) is 42.1. The van der Waals surface area contributed by atoms with E-state index in [-0.39, 0.29) is 134 Å². The molecule has 4 N–H and O–H groups in total. The molecule has 4 atom stereocenters. The van der Waals surface area contributed by atoms with Crippen LogP contribution in [0.2, 0.25) is 0 Å². The number of hydrogen-bond acceptors (Lipinski definition) is 6. The van der Waals surface area contributed by atoms with Gasteiger partial charge in [0.2, 0.25) is 0 Å². The van der Waals surface area contributed by atoms with Gasteiger partial charge in [0.25, 0.3) is 6.47 Å². The summed E-state index contributed by atoms with van der Waals surface area (Å²) in [5.41, 5.74) is 7.83. The van der Waals surface area contributed by atoms with Crippen molar-refractivity contribution in [3.8, 4) is 0 Å². The Morgan fingerprint density at radius 2 is 1.37 bits per heavy atom. The first-order valence-electron chi connectivity index (χ1n) is 12.2. The van der Waals surface area contributed by atoms with E-state index in [1.807, 2.05) is 24.3 Å². The second-order valence-corrected chi connectivity index (χ2v) is 9.09. The van der Waals surface area contributed by atoms with Crippen molar-refractivity contribution in [1.29, 1.82) is 0 Å². The zero-order valence-corrected chi connectivity index (χ0v) is 29.5. The molecule has 0 aromatic heterocycles. The smallest absolute Gasteiger partial charge is 1.00 e. The number of nitrogens with two attached hydrogens (primary N) is 1. The standard InChI is InChI=1S/C14H15NO2.C7H4FN.C6H11NO2.CH2O3.2K.H/c1-15-13-6-3-10(4-7-13)8-11-2-5-12(9-11)14(16)17;1-9-7-4-2-6(8)3-5-7;7-5-2-1-4(3-5)6(8)9;2-1-4-3;;;/h3-4,6-7,11-12H,2,5,8-9H2,(H,16,17);2-5H;4-5H,1-3,7H2,(H,8,9);1,3H;;;/q;;;;2*+1;-1/p-1/t11-,12-;;4-,5+;;;;/m1.1..../s1. The predicted octanol–water partition coefficient (Wildman–Crippen LogP) is -1.59. The molecule has 0 bridgehead atoms. The third-order valence-electron chi connectivity index (χ3n) is 6.30. The molecule has 41 heavy (non-hydrogen) atoms. The Hall–Kier alpha value is -1.05. The number of nitrogens with zero attached hydrogens (tertiary/aromatic N) is 2. The Morgan fingerprint density at radius 3 is 1.71 bits per heavy atom. The van der Waals surface area contributed by atoms with Crippen LogP contribution < -0.4 is 114 Å². The number of aliphatic carboxylic acids is 2. The fourth-order valence-corrected chi connectivity index (χ4v) is 4.28. The van der Waals surface area contributed by atoms with Gasteiger partial charge in [-0.05, 0) is 63.0 Å². The summed E-state index contributed by atoms with van der Waals surface area (Å²) in [6.45, 7) is 13.2. The molecule has 4 rings (SSSR count). The normalized spacial score (nSPS) is 19.6. The van der Waals surface area contributed by atoms with E-state index >= 15 is 0 Å². The zero-order chi connectivity index (χ0) is 29.2. The van der Waals surface area contributed by atoms with Crippen LogP contribution in [0.3, 0.4) is 0 Å². The van der Waals surface area contributed by atoms with E-state index in [9.17, 15) is 14.0 Å². The molecule has 10 nitrogen and oxygen atoms in total. The molecule has 2 aromatic rings. The van der Waals surface area contributed by atoms with Gasteiger partial charge in [-0.2, -0.15) is 0 Å². The van der Waals surface area contributed by atoms with Gasteiger partial charge in [0, 0.05) is 6.04 Å². The minimum absolute atomic E-state index is 0. The molecule has 210 valence electrons. The van der Waals surface area contributed by atoms with Crippen molar-refractivity contribution in [2.24, 2.45) is 23.5 Å². The van der Waals surface area contributed by atoms with Crippen molar-refractivity contribution in [3.05, 3.63) is 82.7 Å². The van der Waals surface area contributed by atoms with Crippen molar-refractivity contribution >= 4 is 29.8 Å². The number of carbonyl (C=O) groups excluding carboxylic acids is 1. The fraction of sp³-hybridized carbons (Fsp3) is 0.393. The van der Waals surface area contributed by atoms with Crippen LogP contribution in [-0.2, 0) is 25.7 Å². The van der Waals surface area contributed by atoms with Gasteiger partial charge in [0.05, 0.1) is 25.0 Å². The summed E-state index contributed by atoms with van der Waals surface area (Å²) in [5, 5.41) is 25.8. The van der Waals surface area contributed by atoms with Gasteiger partial charge in [-0.3, -0.25) is 14.4 Å². The van der Waals surface area contributed by atoms with E-state index in [4.69, 9.17) is 39.1 Å². The molecule has 2 saturated carbocycles. The minimum atomic E-state index is -0.692. The molecule has 2 aliphatic rings. The molecule has 2 fully saturated rings. The monoisotopic (exact) mass is 619 g/mol. The van der Waals surface area contributed by atoms with Crippen molar-refractivity contribution in [2.75, 3.05) is 0 Å². The molecule has 0 spiro atoms. The Kier molecular flexibility index (Phi) is 25.0. The first-order valence-corrected chi connectivity index (χ1v) is 12.2. The van der Waals surface area contributed by atoms with Gasteiger partial charge >= 0.3 is 115 Å². The first-order chi connectivity index (χ1) is 18.6. The molecule has 0 heterocycles. The average molecular weight is 620 g/mol. The van der Waals surface area contributed by atoms with Crippen LogP contribution in [0.5, 0.6) is 0 Å². The molecular formula is C28H32FK2N3O7. The van der Waals surface area contributed by atoms with E-state index < -0.39 is 11.9 Å². The number of carbonyl (C=O) groups is 3. The van der Waals surface area contributed by atoms with Crippen LogP contribution in [0.15, 0.2) is 48.5 Å². The van der Waals surface area contributed by atoms with Crippen LogP contribution in [0.1, 0.15) is 45.5 Å². The van der Waals surface area contributed by atoms with Gasteiger partial charge in [-0.25, -0.2) is 14.1 Å². The second kappa shape index (κ2) is 24.4. The van der Waals surface area contributed by atoms with Gasteiger partial charge in [-0.1, -0.05) is 42.0 Å². The van der Waals surface area contributed by atoms with E-state index in [0.29, 0.717) is 23.7 Å². The maximum Gasteiger partial charge on any atom is 1.00 e. The largest absolute Gasteiger partial charge is 1.00 e. The van der Waals surface area contributed by atoms with E-state index in [2.05, 4.69) is 14.6 Å². The third-order valence-corrected chi connectivity index (χ3v) is 6.30. The number of benzene rings is 2. The Morgan fingerprint density at radius 1 is 0.927 bits per heavy atom. The summed E-state index contributed by atoms with van der Waals surface area (Å²) in [7, 11) is 0. The summed E-state index contributed by atoms with van der Waals surface area (Å²) in [6.07, 6.45) is 5.83. The molecule has 0 amide bonds. The van der Waals surface area contributed by atoms with Crippen LogP contribution in [0.25, 0.3) is 9.69 Å². The van der Waals surface area contributed by atoms with E-state index in [1.165, 1.54) is 29.8 Å². The summed E-state index contributed by atoms with van der Waals surface area (Å²) in [4.78, 5) is 38.8. The third kappa shape index (κ3) is 18.3. The topological polar surface area (TPSA) is 159 Å². The Bertz CT molecular complexity index is 1150. The second-order valence-electron chi connectivity index (χ2n) is 9.09. The molecule has 2 aliphatic carbocycles. The summed E-state index contributed by atoms with van der Waals surface area (Å²) in [6, 6.07) is 13.2. The maximum atomic E-state index is 12.1. The van der Waals surface area contributed by atoms with Crippen LogP contribution >= 0.6 is 0 Å². The number of carboxylic acids is 2. The number of carboxylic acid groups (broad SMARTS) is 2. The Labute approximate surface area is 325 Å². The van der Waals surface area contributed by atoms with E-state index in [1.54, 1.807) is 0 Å². The quantitative estimate of drug-likeness (QED) is 0.119. The SMILES string of the molecule is N[C@H]1CC[C@@H](C(=O)O)C1.O=CO[O-].[C-]#[N+]c1ccc(C[C@H]2CC[C@@H](C(=O)O)C2)cc1.[C-]#[N+]c1ccc(F)cc1.[H-].[K+].[K+]. The van der Waals surface area contributed by atoms with Crippen LogP contribution in [0.4, 0.5) is 15.8 Å². The molecule has 0 aliphatic heterocycles. The average Bonchev–Trinajstić information content (AvgIpc) is 3.60. The molecule has 0 saturated heterocycles. The van der Waals surface area contributed by atoms with Gasteiger partial charge in [-0.15, -0.1) is 0 Å². The molecule has 2 aromatic carbocycles. The van der Waals surface area contributed by atoms with Crippen LogP contribution in [-0.4, -0.2) is 34.7 Å². The number of hydrogen-bond donors (Lipinski definition) is 3. The van der Waals surface area contributed by atoms with E-state index in [0.717, 1.165) is 38.5 Å². The summed E-state index contributed by atoms with van der Waals surface area (Å²) in [5.74, 6) is -1.49. The molecule has 0 radical (unpaired) electrons. The van der Waals surface area contributed by atoms with Crippen molar-refractivity contribution in [3.63, 3.8) is 0 Å². The molecule has 13 heteroatoms. The molecule has 0 unspecified atom stereocenters. The van der Waals surface area contributed by atoms with Crippen molar-refractivity contribution < 1.29 is 143 Å². The minimum Gasteiger partial charge on any atom is -1.00 e. The molecular weight excluding hydrogens is 588 g/mol. The van der Waals surface area contributed by atoms with Gasteiger partial charge in [0.15, 0.2) is 11.4 Å². The fourth-order valence-electron chi connectivity index (χ4n) is 4.28. The summed E-state index contributed by atoms with van der Waals surface area (Å²) >= 11 is 0. The number of halogens is 1. The van der Waals surface area contributed by atoms with Crippen LogP contribution in [0, 0.1) is 36.7 Å². The van der Waals surface area contributed by atoms with Crippen molar-refractivity contribution in [1.82, 2.24) is 0 Å². The maximum absolute atomic E-state index is 12.1. The van der Waals surface area contributed by atoms with Gasteiger partial charge in [0.1, 0.15) is 5.82 Å².